The third-order valence-electron chi connectivity index (χ3n) is 6.20. The Balaban J connectivity index is 1.71. The van der Waals surface area contributed by atoms with E-state index in [-0.39, 0.29) is 12.1 Å². The number of aryl methyl sites for hydroxylation is 1. The Kier molecular flexibility index (Phi) is 8.25. The molecule has 0 aliphatic carbocycles. The molecule has 1 atom stereocenters. The second-order valence-electron chi connectivity index (χ2n) is 8.33. The molecule has 0 fully saturated rings. The number of urea groups is 1. The zero-order valence-electron chi connectivity index (χ0n) is 20.7. The molecule has 1 aliphatic heterocycles. The number of hydrogen-bond acceptors (Lipinski definition) is 6. The van der Waals surface area contributed by atoms with Crippen LogP contribution in [0, 0.1) is 0 Å². The fourth-order valence-electron chi connectivity index (χ4n) is 4.18. The highest BCUT2D eigenvalue weighted by Gasteiger charge is 2.35. The van der Waals surface area contributed by atoms with E-state index >= 15 is 0 Å². The minimum absolute atomic E-state index is 0.139. The van der Waals surface area contributed by atoms with Gasteiger partial charge in [0.05, 0.1) is 11.6 Å². The summed E-state index contributed by atoms with van der Waals surface area (Å²) in [6.45, 7) is 7.83. The highest BCUT2D eigenvalue weighted by Crippen LogP contribution is 2.37. The Bertz CT molecular complexity index is 1170. The zero-order valence-corrected chi connectivity index (χ0v) is 21.5. The van der Waals surface area contributed by atoms with Gasteiger partial charge in [-0.1, -0.05) is 36.3 Å². The molecule has 35 heavy (non-hydrogen) atoms. The molecule has 1 N–H and O–H groups in total. The molecule has 0 saturated carbocycles. The first-order valence-corrected chi connectivity index (χ1v) is 13.2. The summed E-state index contributed by atoms with van der Waals surface area (Å²) in [4.78, 5) is 20.8. The van der Waals surface area contributed by atoms with Crippen LogP contribution in [0.3, 0.4) is 0 Å². The number of thioether (sulfide) groups is 1. The molecular formula is C27H32N4O3S. The number of aromatic nitrogens is 2. The summed E-state index contributed by atoms with van der Waals surface area (Å²) in [5.74, 6) is 0.929. The topological polar surface area (TPSA) is 80.5 Å². The van der Waals surface area contributed by atoms with E-state index in [0.717, 1.165) is 35.2 Å². The van der Waals surface area contributed by atoms with E-state index in [1.54, 1.807) is 16.7 Å². The Morgan fingerprint density at radius 2 is 1.86 bits per heavy atom. The van der Waals surface area contributed by atoms with E-state index in [1.807, 2.05) is 44.4 Å². The fraction of sp³-hybridized carbons (Fsp3) is 0.370. The van der Waals surface area contributed by atoms with Gasteiger partial charge in [0.25, 0.3) is 5.89 Å². The summed E-state index contributed by atoms with van der Waals surface area (Å²) < 4.78 is 11.3. The molecule has 2 heterocycles. The van der Waals surface area contributed by atoms with Crippen LogP contribution in [0.15, 0.2) is 63.6 Å². The number of allylic oxidation sites excluding steroid dienone is 1. The van der Waals surface area contributed by atoms with Crippen molar-refractivity contribution >= 4 is 23.4 Å². The molecule has 8 heteroatoms. The molecular weight excluding hydrogens is 460 g/mol. The summed E-state index contributed by atoms with van der Waals surface area (Å²) in [6, 6.07) is 15.8. The predicted octanol–water partition coefficient (Wildman–Crippen LogP) is 5.95. The SMILES string of the molecule is CCOCCCN1C(=O)NC(c2ccc(CC)cc2)C(c2nc(-c3ccc(SC)cc3)no2)=C1C. The van der Waals surface area contributed by atoms with Gasteiger partial charge in [0.15, 0.2) is 0 Å². The molecule has 7 nitrogen and oxygen atoms in total. The molecule has 2 aromatic carbocycles. The van der Waals surface area contributed by atoms with Crippen LogP contribution in [-0.4, -0.2) is 47.1 Å². The normalized spacial score (nSPS) is 16.1. The smallest absolute Gasteiger partial charge is 0.322 e. The number of benzene rings is 2. The fourth-order valence-corrected chi connectivity index (χ4v) is 4.59. The minimum Gasteiger partial charge on any atom is -0.382 e. The Morgan fingerprint density at radius 3 is 2.51 bits per heavy atom. The van der Waals surface area contributed by atoms with Crippen molar-refractivity contribution in [3.8, 4) is 11.4 Å². The lowest BCUT2D eigenvalue weighted by Gasteiger charge is -2.35. The van der Waals surface area contributed by atoms with Gasteiger partial charge < -0.3 is 14.6 Å². The summed E-state index contributed by atoms with van der Waals surface area (Å²) in [5.41, 5.74) is 4.72. The molecule has 0 bridgehead atoms. The monoisotopic (exact) mass is 492 g/mol. The number of nitrogens with zero attached hydrogens (tertiary/aromatic N) is 3. The van der Waals surface area contributed by atoms with Crippen LogP contribution in [0.2, 0.25) is 0 Å². The van der Waals surface area contributed by atoms with Gasteiger partial charge >= 0.3 is 6.03 Å². The number of carbonyl (C=O) groups is 1. The van der Waals surface area contributed by atoms with Gasteiger partial charge in [-0.2, -0.15) is 4.98 Å². The first-order valence-electron chi connectivity index (χ1n) is 12.0. The average Bonchev–Trinajstić information content (AvgIpc) is 3.37. The maximum Gasteiger partial charge on any atom is 0.322 e. The average molecular weight is 493 g/mol. The van der Waals surface area contributed by atoms with Gasteiger partial charge in [-0.05, 0) is 68.3 Å². The van der Waals surface area contributed by atoms with E-state index in [0.29, 0.717) is 31.5 Å². The molecule has 1 unspecified atom stereocenters. The van der Waals surface area contributed by atoms with Gasteiger partial charge in [-0.15, -0.1) is 11.8 Å². The largest absolute Gasteiger partial charge is 0.382 e. The molecule has 184 valence electrons. The van der Waals surface area contributed by atoms with Crippen molar-refractivity contribution in [2.75, 3.05) is 26.0 Å². The molecule has 0 radical (unpaired) electrons. The number of carbonyl (C=O) groups excluding carboxylic acids is 1. The van der Waals surface area contributed by atoms with Gasteiger partial charge in [0, 0.05) is 35.9 Å². The van der Waals surface area contributed by atoms with E-state index in [2.05, 4.69) is 41.7 Å². The summed E-state index contributed by atoms with van der Waals surface area (Å²) >= 11 is 1.68. The third kappa shape index (κ3) is 5.60. The van der Waals surface area contributed by atoms with Crippen molar-refractivity contribution in [1.82, 2.24) is 20.4 Å². The minimum atomic E-state index is -0.385. The lowest BCUT2D eigenvalue weighted by atomic mass is 9.93. The van der Waals surface area contributed by atoms with Crippen LogP contribution in [0.4, 0.5) is 4.79 Å². The van der Waals surface area contributed by atoms with E-state index in [4.69, 9.17) is 14.2 Å². The molecule has 4 rings (SSSR count). The molecule has 0 saturated heterocycles. The Hall–Kier alpha value is -3.10. The van der Waals surface area contributed by atoms with Crippen LogP contribution in [0.1, 0.15) is 50.3 Å². The van der Waals surface area contributed by atoms with E-state index < -0.39 is 0 Å². The molecule has 2 amide bonds. The molecule has 1 aromatic heterocycles. The van der Waals surface area contributed by atoms with E-state index in [9.17, 15) is 4.79 Å². The quantitative estimate of drug-likeness (QED) is 0.278. The van der Waals surface area contributed by atoms with Crippen molar-refractivity contribution in [1.29, 1.82) is 0 Å². The summed E-state index contributed by atoms with van der Waals surface area (Å²) in [5, 5.41) is 7.42. The van der Waals surface area contributed by atoms with Crippen LogP contribution in [-0.2, 0) is 11.2 Å². The highest BCUT2D eigenvalue weighted by atomic mass is 32.2. The van der Waals surface area contributed by atoms with Crippen molar-refractivity contribution in [3.63, 3.8) is 0 Å². The number of nitrogens with one attached hydrogen (secondary N) is 1. The molecule has 3 aromatic rings. The second-order valence-corrected chi connectivity index (χ2v) is 9.21. The molecule has 0 spiro atoms. The first kappa shape index (κ1) is 25.0. The lowest BCUT2D eigenvalue weighted by molar-refractivity contribution is 0.136. The lowest BCUT2D eigenvalue weighted by Crippen LogP contribution is -2.46. The maximum absolute atomic E-state index is 13.1. The number of ether oxygens (including phenoxy) is 1. The second kappa shape index (κ2) is 11.6. The van der Waals surface area contributed by atoms with Crippen molar-refractivity contribution in [2.45, 2.75) is 44.6 Å². The van der Waals surface area contributed by atoms with Gasteiger partial charge in [0.2, 0.25) is 5.82 Å². The predicted molar refractivity (Wildman–Crippen MR) is 139 cm³/mol. The van der Waals surface area contributed by atoms with Crippen molar-refractivity contribution < 1.29 is 14.1 Å². The third-order valence-corrected chi connectivity index (χ3v) is 6.94. The van der Waals surface area contributed by atoms with Crippen LogP contribution in [0.25, 0.3) is 17.0 Å². The van der Waals surface area contributed by atoms with Crippen LogP contribution < -0.4 is 5.32 Å². The standard InChI is InChI=1S/C27H32N4O3S/c1-5-19-8-10-20(11-9-19)24-23(18(3)31(27(32)28-24)16-7-17-33-6-2)26-29-25(30-34-26)21-12-14-22(35-4)15-13-21/h8-15,24H,5-7,16-17H2,1-4H3,(H,28,32). The number of hydrogen-bond donors (Lipinski definition) is 1. The Morgan fingerprint density at radius 1 is 1.11 bits per heavy atom. The van der Waals surface area contributed by atoms with Crippen molar-refractivity contribution in [3.05, 3.63) is 71.2 Å². The van der Waals surface area contributed by atoms with Gasteiger partial charge in [0.1, 0.15) is 0 Å². The molecule has 1 aliphatic rings. The number of amides is 2. The van der Waals surface area contributed by atoms with Crippen LogP contribution in [0.5, 0.6) is 0 Å². The zero-order chi connectivity index (χ0) is 24.8. The van der Waals surface area contributed by atoms with Gasteiger partial charge in [-0.3, -0.25) is 4.90 Å². The summed E-state index contributed by atoms with van der Waals surface area (Å²) in [6.07, 6.45) is 3.73. The van der Waals surface area contributed by atoms with Crippen LogP contribution >= 0.6 is 11.8 Å². The first-order chi connectivity index (χ1) is 17.0. The number of rotatable bonds is 10. The summed E-state index contributed by atoms with van der Waals surface area (Å²) in [7, 11) is 0. The Labute approximate surface area is 210 Å². The highest BCUT2D eigenvalue weighted by molar-refractivity contribution is 7.98. The van der Waals surface area contributed by atoms with Gasteiger partial charge in [-0.25, -0.2) is 4.79 Å². The van der Waals surface area contributed by atoms with Crippen molar-refractivity contribution in [2.24, 2.45) is 0 Å². The maximum atomic E-state index is 13.1. The van der Waals surface area contributed by atoms with E-state index in [1.165, 1.54) is 10.5 Å².